The summed E-state index contributed by atoms with van der Waals surface area (Å²) < 4.78 is 38.3. The third-order valence-electron chi connectivity index (χ3n) is 6.29. The van der Waals surface area contributed by atoms with Gasteiger partial charge in [-0.15, -0.1) is 0 Å². The summed E-state index contributed by atoms with van der Waals surface area (Å²) in [6.07, 6.45) is -0.605. The fourth-order valence-electron chi connectivity index (χ4n) is 4.62. The second kappa shape index (κ2) is 13.0. The van der Waals surface area contributed by atoms with Crippen LogP contribution in [-0.4, -0.2) is 62.6 Å². The number of rotatable bonds is 11. The van der Waals surface area contributed by atoms with Crippen LogP contribution in [0.4, 0.5) is 9.18 Å². The van der Waals surface area contributed by atoms with Gasteiger partial charge in [0.25, 0.3) is 0 Å². The molecule has 0 aliphatic carbocycles. The zero-order chi connectivity index (χ0) is 29.6. The molecule has 1 amide bonds. The first kappa shape index (κ1) is 30.7. The molecule has 0 atom stereocenters. The van der Waals surface area contributed by atoms with E-state index in [0.717, 1.165) is 0 Å². The summed E-state index contributed by atoms with van der Waals surface area (Å²) >= 11 is 0. The van der Waals surface area contributed by atoms with Gasteiger partial charge in [-0.2, -0.15) is 0 Å². The van der Waals surface area contributed by atoms with E-state index in [1.54, 1.807) is 44.0 Å². The van der Waals surface area contributed by atoms with Crippen molar-refractivity contribution in [2.24, 2.45) is 4.99 Å². The molecule has 0 bridgehead atoms. The summed E-state index contributed by atoms with van der Waals surface area (Å²) in [5.41, 5.74) is 1.52. The molecule has 9 nitrogen and oxygen atoms in total. The molecule has 2 aromatic rings. The molecule has 40 heavy (non-hydrogen) atoms. The van der Waals surface area contributed by atoms with E-state index in [1.165, 1.54) is 0 Å². The minimum Gasteiger partial charge on any atom is -0.490 e. The number of ketones is 1. The van der Waals surface area contributed by atoms with E-state index in [-0.39, 0.29) is 37.0 Å². The van der Waals surface area contributed by atoms with Gasteiger partial charge < -0.3 is 29.2 Å². The first-order chi connectivity index (χ1) is 19.0. The molecule has 1 heterocycles. The summed E-state index contributed by atoms with van der Waals surface area (Å²) in [5, 5.41) is 2.62. The first-order valence-corrected chi connectivity index (χ1v) is 13.6. The van der Waals surface area contributed by atoms with Crippen molar-refractivity contribution in [1.82, 2.24) is 10.2 Å². The van der Waals surface area contributed by atoms with Gasteiger partial charge in [0.05, 0.1) is 31.9 Å². The highest BCUT2D eigenvalue weighted by molar-refractivity contribution is 6.07. The van der Waals surface area contributed by atoms with Gasteiger partial charge in [-0.1, -0.05) is 20.8 Å². The maximum Gasteiger partial charge on any atom is 0.412 e. The molecule has 1 aliphatic rings. The van der Waals surface area contributed by atoms with Crippen molar-refractivity contribution in [3.63, 3.8) is 0 Å². The van der Waals surface area contributed by atoms with Crippen LogP contribution >= 0.6 is 0 Å². The second-order valence-electron chi connectivity index (χ2n) is 10.2. The number of hydrogen-bond acceptors (Lipinski definition) is 7. The van der Waals surface area contributed by atoms with Crippen molar-refractivity contribution in [2.75, 3.05) is 40.0 Å². The largest absolute Gasteiger partial charge is 0.490 e. The Bertz CT molecular complexity index is 1290. The van der Waals surface area contributed by atoms with E-state index in [0.29, 0.717) is 59.3 Å². The van der Waals surface area contributed by atoms with Crippen LogP contribution in [0, 0.1) is 5.82 Å². The fraction of sp³-hybridized carbons (Fsp3) is 0.500. The van der Waals surface area contributed by atoms with Crippen molar-refractivity contribution in [3.05, 3.63) is 46.3 Å². The number of nitrogens with one attached hydrogen (secondary N) is 1. The van der Waals surface area contributed by atoms with Crippen LogP contribution in [0.1, 0.15) is 75.5 Å². The molecule has 0 aromatic heterocycles. The molecule has 0 saturated carbocycles. The van der Waals surface area contributed by atoms with Gasteiger partial charge in [0.2, 0.25) is 0 Å². The average molecular weight is 558 g/mol. The number of aliphatic imine (C=N–C) groups is 1. The van der Waals surface area contributed by atoms with Gasteiger partial charge in [-0.05, 0) is 56.9 Å². The highest BCUT2D eigenvalue weighted by Crippen LogP contribution is 2.41. The topological polar surface area (TPSA) is 98.7 Å². The van der Waals surface area contributed by atoms with E-state index in [9.17, 15) is 9.59 Å². The van der Waals surface area contributed by atoms with Crippen molar-refractivity contribution in [3.8, 4) is 23.0 Å². The standard InChI is InChI=1S/C30H40FN3O6/c1-9-33-29(36)40-26-20(30(5,6)7)13-18(14-22(26)37-10-2)21(35)17-34-16-19-15-23(38-11-3)27(39-12-4)25(31)24(19)28(34)32-8/h13-15H,9-12,16-17H2,1-8H3,(H,33,36). The quantitative estimate of drug-likeness (QED) is 0.364. The lowest BCUT2D eigenvalue weighted by Gasteiger charge is -2.25. The second-order valence-corrected chi connectivity index (χ2v) is 10.2. The van der Waals surface area contributed by atoms with E-state index >= 15 is 4.39 Å². The SMILES string of the molecule is CCNC(=O)Oc1c(OCC)cc(C(=O)CN2Cc3cc(OCC)c(OCC)c(F)c3C2=NC)cc1C(C)(C)C. The summed E-state index contributed by atoms with van der Waals surface area (Å²) in [6.45, 7) is 14.7. The summed E-state index contributed by atoms with van der Waals surface area (Å²) in [5.74, 6) is 0.517. The zero-order valence-electron chi connectivity index (χ0n) is 24.7. The number of amides is 1. The fourth-order valence-corrected chi connectivity index (χ4v) is 4.62. The van der Waals surface area contributed by atoms with Crippen molar-refractivity contribution >= 4 is 17.7 Å². The minimum atomic E-state index is -0.605. The number of ether oxygens (including phenoxy) is 4. The summed E-state index contributed by atoms with van der Waals surface area (Å²) in [7, 11) is 1.57. The van der Waals surface area contributed by atoms with Crippen LogP contribution in [0.15, 0.2) is 23.2 Å². The Kier molecular flexibility index (Phi) is 10.0. The number of Topliss-reactive ketones (excluding diaryl/α,β-unsaturated/α-hetero) is 1. The smallest absolute Gasteiger partial charge is 0.412 e. The van der Waals surface area contributed by atoms with Crippen LogP contribution in [0.25, 0.3) is 0 Å². The molecule has 1 aliphatic heterocycles. The summed E-state index contributed by atoms with van der Waals surface area (Å²) in [6, 6.07) is 5.07. The van der Waals surface area contributed by atoms with Crippen LogP contribution in [0.2, 0.25) is 0 Å². The van der Waals surface area contributed by atoms with Crippen molar-refractivity contribution in [2.45, 2.75) is 60.4 Å². The lowest BCUT2D eigenvalue weighted by Crippen LogP contribution is -2.31. The molecule has 0 saturated heterocycles. The van der Waals surface area contributed by atoms with Crippen molar-refractivity contribution in [1.29, 1.82) is 0 Å². The Balaban J connectivity index is 2.01. The minimum absolute atomic E-state index is 0.0382. The van der Waals surface area contributed by atoms with Crippen LogP contribution < -0.4 is 24.3 Å². The number of fused-ring (bicyclic) bond motifs is 1. The Hall–Kier alpha value is -3.82. The Morgan fingerprint density at radius 1 is 0.975 bits per heavy atom. The van der Waals surface area contributed by atoms with E-state index in [1.807, 2.05) is 34.6 Å². The molecule has 2 aromatic carbocycles. The van der Waals surface area contributed by atoms with Gasteiger partial charge in [0, 0.05) is 31.3 Å². The molecule has 0 radical (unpaired) electrons. The molecule has 1 N–H and O–H groups in total. The first-order valence-electron chi connectivity index (χ1n) is 13.6. The molecular weight excluding hydrogens is 517 g/mol. The molecule has 218 valence electrons. The van der Waals surface area contributed by atoms with E-state index in [4.69, 9.17) is 18.9 Å². The number of carbonyl (C=O) groups is 2. The lowest BCUT2D eigenvalue weighted by molar-refractivity contribution is 0.0962. The molecular formula is C30H40FN3O6. The van der Waals surface area contributed by atoms with Gasteiger partial charge in [-0.25, -0.2) is 9.18 Å². The predicted octanol–water partition coefficient (Wildman–Crippen LogP) is 5.50. The van der Waals surface area contributed by atoms with Crippen molar-refractivity contribution < 1.29 is 32.9 Å². The van der Waals surface area contributed by atoms with Gasteiger partial charge in [0.15, 0.2) is 34.6 Å². The van der Waals surface area contributed by atoms with Crippen LogP contribution in [-0.2, 0) is 12.0 Å². The average Bonchev–Trinajstić information content (AvgIpc) is 3.23. The molecule has 0 fully saturated rings. The van der Waals surface area contributed by atoms with Crippen LogP contribution in [0.5, 0.6) is 23.0 Å². The van der Waals surface area contributed by atoms with E-state index < -0.39 is 17.3 Å². The number of halogens is 1. The highest BCUT2D eigenvalue weighted by atomic mass is 19.1. The monoisotopic (exact) mass is 557 g/mol. The highest BCUT2D eigenvalue weighted by Gasteiger charge is 2.34. The predicted molar refractivity (Wildman–Crippen MR) is 152 cm³/mol. The number of benzene rings is 2. The Labute approximate surface area is 235 Å². The van der Waals surface area contributed by atoms with Gasteiger partial charge >= 0.3 is 6.09 Å². The maximum atomic E-state index is 15.7. The number of amidine groups is 1. The van der Waals surface area contributed by atoms with Crippen LogP contribution in [0.3, 0.4) is 0 Å². The van der Waals surface area contributed by atoms with E-state index in [2.05, 4.69) is 10.3 Å². The molecule has 10 heteroatoms. The molecule has 3 rings (SSSR count). The normalized spacial score (nSPS) is 13.7. The third-order valence-corrected chi connectivity index (χ3v) is 6.29. The third kappa shape index (κ3) is 6.48. The molecule has 0 spiro atoms. The zero-order valence-corrected chi connectivity index (χ0v) is 24.7. The Morgan fingerprint density at radius 3 is 2.15 bits per heavy atom. The number of hydrogen-bond donors (Lipinski definition) is 1. The maximum absolute atomic E-state index is 15.7. The Morgan fingerprint density at radius 2 is 1.60 bits per heavy atom. The molecule has 0 unspecified atom stereocenters. The van der Waals surface area contributed by atoms with Gasteiger partial charge in [0.1, 0.15) is 5.84 Å². The summed E-state index contributed by atoms with van der Waals surface area (Å²) in [4.78, 5) is 32.1. The lowest BCUT2D eigenvalue weighted by atomic mass is 9.84. The van der Waals surface area contributed by atoms with Gasteiger partial charge in [-0.3, -0.25) is 9.79 Å². The number of carbonyl (C=O) groups excluding carboxylic acids is 2. The number of nitrogens with zero attached hydrogens (tertiary/aromatic N) is 2.